The van der Waals surface area contributed by atoms with Crippen LogP contribution in [0.1, 0.15) is 47.7 Å². The number of halogens is 3. The van der Waals surface area contributed by atoms with Crippen LogP contribution in [0.25, 0.3) is 0 Å². The number of carbonyl (C=O) groups excluding carboxylic acids is 1. The van der Waals surface area contributed by atoms with Gasteiger partial charge in [-0.25, -0.2) is 9.97 Å². The van der Waals surface area contributed by atoms with E-state index in [1.165, 1.54) is 0 Å². The van der Waals surface area contributed by atoms with Crippen LogP contribution in [0.3, 0.4) is 0 Å². The summed E-state index contributed by atoms with van der Waals surface area (Å²) in [6.45, 7) is 1.38. The molecule has 6 nitrogen and oxygen atoms in total. The van der Waals surface area contributed by atoms with E-state index in [9.17, 15) is 18.0 Å². The summed E-state index contributed by atoms with van der Waals surface area (Å²) >= 11 is 1.05. The summed E-state index contributed by atoms with van der Waals surface area (Å²) in [5.41, 5.74) is -0.948. The molecule has 1 saturated heterocycles. The zero-order chi connectivity index (χ0) is 19.7. The molecule has 28 heavy (non-hydrogen) atoms. The fourth-order valence-electron chi connectivity index (χ4n) is 2.93. The summed E-state index contributed by atoms with van der Waals surface area (Å²) < 4.78 is 45.2. The molecule has 10 heteroatoms. The molecule has 1 amide bonds. The highest BCUT2D eigenvalue weighted by molar-refractivity contribution is 7.98. The van der Waals surface area contributed by atoms with Gasteiger partial charge in [-0.3, -0.25) is 4.79 Å². The standard InChI is InChI=1S/C18H19F3N4O2S/c19-18(20,21)14-9-15(25-7-1-2-8-25)24-17(23-14)28-10-12-5-6-13(27-12)16(26)22-11-3-4-11/h5-6,9,11H,1-4,7-8,10H2,(H,22,26). The number of thioether (sulfide) groups is 1. The van der Waals surface area contributed by atoms with Crippen LogP contribution >= 0.6 is 11.8 Å². The van der Waals surface area contributed by atoms with Crippen LogP contribution in [0.5, 0.6) is 0 Å². The number of anilines is 1. The van der Waals surface area contributed by atoms with Gasteiger partial charge in [0.25, 0.3) is 5.91 Å². The Bertz CT molecular complexity index is 861. The summed E-state index contributed by atoms with van der Waals surface area (Å²) in [6, 6.07) is 4.43. The smallest absolute Gasteiger partial charge is 0.433 e. The molecular weight excluding hydrogens is 393 g/mol. The Morgan fingerprint density at radius 3 is 2.68 bits per heavy atom. The van der Waals surface area contributed by atoms with Crippen LogP contribution in [0, 0.1) is 0 Å². The van der Waals surface area contributed by atoms with E-state index in [1.54, 1.807) is 12.1 Å². The van der Waals surface area contributed by atoms with Crippen molar-refractivity contribution in [3.63, 3.8) is 0 Å². The molecule has 2 aliphatic rings. The van der Waals surface area contributed by atoms with Crippen LogP contribution < -0.4 is 10.2 Å². The average Bonchev–Trinajstić information content (AvgIpc) is 3.14. The summed E-state index contributed by atoms with van der Waals surface area (Å²) in [6.07, 6.45) is -0.716. The minimum absolute atomic E-state index is 0.0390. The van der Waals surface area contributed by atoms with Crippen molar-refractivity contribution in [1.82, 2.24) is 15.3 Å². The van der Waals surface area contributed by atoms with Gasteiger partial charge in [0.2, 0.25) is 0 Å². The van der Waals surface area contributed by atoms with Crippen molar-refractivity contribution in [2.45, 2.75) is 48.8 Å². The van der Waals surface area contributed by atoms with Gasteiger partial charge in [0.15, 0.2) is 16.6 Å². The van der Waals surface area contributed by atoms with Crippen molar-refractivity contribution >= 4 is 23.5 Å². The number of hydrogen-bond acceptors (Lipinski definition) is 6. The van der Waals surface area contributed by atoms with Gasteiger partial charge in [-0.1, -0.05) is 11.8 Å². The molecule has 150 valence electrons. The van der Waals surface area contributed by atoms with Crippen molar-refractivity contribution < 1.29 is 22.4 Å². The first-order chi connectivity index (χ1) is 13.4. The van der Waals surface area contributed by atoms with Gasteiger partial charge in [-0.2, -0.15) is 13.2 Å². The summed E-state index contributed by atoms with van der Waals surface area (Å²) in [4.78, 5) is 21.8. The largest absolute Gasteiger partial charge is 0.455 e. The zero-order valence-corrected chi connectivity index (χ0v) is 15.8. The maximum atomic E-state index is 13.2. The lowest BCUT2D eigenvalue weighted by molar-refractivity contribution is -0.141. The molecule has 0 bridgehead atoms. The number of aromatic nitrogens is 2. The van der Waals surface area contributed by atoms with Crippen molar-refractivity contribution in [3.8, 4) is 0 Å². The fraction of sp³-hybridized carbons (Fsp3) is 0.500. The zero-order valence-electron chi connectivity index (χ0n) is 15.0. The molecule has 3 heterocycles. The Kier molecular flexibility index (Phi) is 5.22. The molecule has 4 rings (SSSR count). The number of hydrogen-bond donors (Lipinski definition) is 1. The predicted octanol–water partition coefficient (Wildman–Crippen LogP) is 3.87. The van der Waals surface area contributed by atoms with Crippen molar-refractivity contribution in [3.05, 3.63) is 35.4 Å². The van der Waals surface area contributed by atoms with E-state index >= 15 is 0 Å². The van der Waals surface area contributed by atoms with E-state index < -0.39 is 11.9 Å². The van der Waals surface area contributed by atoms with E-state index in [0.29, 0.717) is 24.7 Å². The van der Waals surface area contributed by atoms with Crippen LogP contribution in [0.4, 0.5) is 19.0 Å². The van der Waals surface area contributed by atoms with Crippen LogP contribution in [-0.4, -0.2) is 35.0 Å². The number of alkyl halides is 3. The normalized spacial score (nSPS) is 17.2. The second kappa shape index (κ2) is 7.65. The predicted molar refractivity (Wildman–Crippen MR) is 97.2 cm³/mol. The maximum absolute atomic E-state index is 13.2. The number of nitrogens with zero attached hydrogens (tertiary/aromatic N) is 3. The fourth-order valence-corrected chi connectivity index (χ4v) is 3.68. The van der Waals surface area contributed by atoms with Crippen molar-refractivity contribution in [2.75, 3.05) is 18.0 Å². The lowest BCUT2D eigenvalue weighted by atomic mass is 10.3. The molecule has 0 radical (unpaired) electrons. The second-order valence-corrected chi connectivity index (χ2v) is 7.83. The number of rotatable bonds is 6. The summed E-state index contributed by atoms with van der Waals surface area (Å²) in [5.74, 6) is 0.939. The topological polar surface area (TPSA) is 71.3 Å². The average molecular weight is 412 g/mol. The lowest BCUT2D eigenvalue weighted by Crippen LogP contribution is -2.24. The van der Waals surface area contributed by atoms with Crippen LogP contribution in [0.2, 0.25) is 0 Å². The third kappa shape index (κ3) is 4.60. The van der Waals surface area contributed by atoms with Gasteiger partial charge in [-0.05, 0) is 37.8 Å². The quantitative estimate of drug-likeness (QED) is 0.574. The molecule has 2 fully saturated rings. The van der Waals surface area contributed by atoms with Crippen LogP contribution in [-0.2, 0) is 11.9 Å². The third-order valence-corrected chi connectivity index (χ3v) is 5.42. The number of furan rings is 1. The van der Waals surface area contributed by atoms with Gasteiger partial charge in [0, 0.05) is 25.2 Å². The molecule has 2 aromatic heterocycles. The number of nitrogens with one attached hydrogen (secondary N) is 1. The SMILES string of the molecule is O=C(NC1CC1)c1ccc(CSc2nc(N3CCCC3)cc(C(F)(F)F)n2)o1. The van der Waals surface area contributed by atoms with Gasteiger partial charge in [0.1, 0.15) is 11.6 Å². The summed E-state index contributed by atoms with van der Waals surface area (Å²) in [5, 5.41) is 2.86. The van der Waals surface area contributed by atoms with Gasteiger partial charge < -0.3 is 14.6 Å². The van der Waals surface area contributed by atoms with E-state index in [4.69, 9.17) is 4.42 Å². The highest BCUT2D eigenvalue weighted by Gasteiger charge is 2.34. The molecule has 1 aliphatic carbocycles. The second-order valence-electron chi connectivity index (χ2n) is 6.89. The molecule has 1 aliphatic heterocycles. The van der Waals surface area contributed by atoms with E-state index in [0.717, 1.165) is 43.5 Å². The molecule has 0 aromatic carbocycles. The maximum Gasteiger partial charge on any atom is 0.433 e. The molecular formula is C18H19F3N4O2S. The Hall–Kier alpha value is -2.23. The molecule has 0 atom stereocenters. The molecule has 1 N–H and O–H groups in total. The molecule has 2 aromatic rings. The minimum Gasteiger partial charge on any atom is -0.455 e. The lowest BCUT2D eigenvalue weighted by Gasteiger charge is -2.18. The number of carbonyl (C=O) groups is 1. The van der Waals surface area contributed by atoms with Gasteiger partial charge in [-0.15, -0.1) is 0 Å². The van der Waals surface area contributed by atoms with Gasteiger partial charge in [0.05, 0.1) is 5.75 Å². The Balaban J connectivity index is 1.47. The Morgan fingerprint density at radius 1 is 1.25 bits per heavy atom. The summed E-state index contributed by atoms with van der Waals surface area (Å²) in [7, 11) is 0. The molecule has 1 saturated carbocycles. The van der Waals surface area contributed by atoms with Gasteiger partial charge >= 0.3 is 6.18 Å². The Labute approximate surface area is 163 Å². The van der Waals surface area contributed by atoms with E-state index in [2.05, 4.69) is 15.3 Å². The van der Waals surface area contributed by atoms with Crippen molar-refractivity contribution in [1.29, 1.82) is 0 Å². The molecule has 0 spiro atoms. The van der Waals surface area contributed by atoms with E-state index in [-0.39, 0.29) is 28.6 Å². The Morgan fingerprint density at radius 2 is 2.00 bits per heavy atom. The third-order valence-electron chi connectivity index (χ3n) is 4.55. The highest BCUT2D eigenvalue weighted by atomic mass is 32.2. The first kappa shape index (κ1) is 19.1. The first-order valence-electron chi connectivity index (χ1n) is 9.12. The minimum atomic E-state index is -4.54. The van der Waals surface area contributed by atoms with Crippen molar-refractivity contribution in [2.24, 2.45) is 0 Å². The number of amides is 1. The van der Waals surface area contributed by atoms with E-state index in [1.807, 2.05) is 4.90 Å². The van der Waals surface area contributed by atoms with Crippen LogP contribution in [0.15, 0.2) is 27.8 Å². The highest BCUT2D eigenvalue weighted by Crippen LogP contribution is 2.33. The molecule has 0 unspecified atom stereocenters. The monoisotopic (exact) mass is 412 g/mol. The first-order valence-corrected chi connectivity index (χ1v) is 10.1.